The van der Waals surface area contributed by atoms with Crippen molar-refractivity contribution in [2.24, 2.45) is 5.92 Å². The van der Waals surface area contributed by atoms with E-state index in [1.165, 1.54) is 0 Å². The van der Waals surface area contributed by atoms with Crippen molar-refractivity contribution < 1.29 is 4.79 Å². The zero-order valence-electron chi connectivity index (χ0n) is 16.0. The minimum Gasteiger partial charge on any atom is -0.348 e. The fourth-order valence-electron chi connectivity index (χ4n) is 3.76. The number of pyridine rings is 1. The minimum atomic E-state index is -0.0794. The van der Waals surface area contributed by atoms with Crippen LogP contribution in [0.3, 0.4) is 0 Å². The largest absolute Gasteiger partial charge is 0.348 e. The predicted octanol–water partition coefficient (Wildman–Crippen LogP) is 2.22. The fourth-order valence-corrected chi connectivity index (χ4v) is 3.76. The number of nitriles is 1. The number of amides is 1. The van der Waals surface area contributed by atoms with Crippen LogP contribution < -0.4 is 10.6 Å². The lowest BCUT2D eigenvalue weighted by Crippen LogP contribution is -2.42. The SMILES string of the molecule is CCN(C)CC(=O)NC(c1ccc(C#N)c2ncccc12)C1CCNCC1. The molecule has 2 N–H and O–H groups in total. The molecule has 6 heteroatoms. The number of rotatable bonds is 6. The van der Waals surface area contributed by atoms with E-state index in [4.69, 9.17) is 0 Å². The van der Waals surface area contributed by atoms with Crippen LogP contribution in [0.2, 0.25) is 0 Å². The van der Waals surface area contributed by atoms with Gasteiger partial charge in [-0.1, -0.05) is 19.1 Å². The maximum absolute atomic E-state index is 12.7. The van der Waals surface area contributed by atoms with Crippen LogP contribution in [0.1, 0.15) is 36.9 Å². The molecule has 1 aromatic heterocycles. The van der Waals surface area contributed by atoms with Gasteiger partial charge in [0.1, 0.15) is 6.07 Å². The molecular weight excluding hydrogens is 338 g/mol. The lowest BCUT2D eigenvalue weighted by Gasteiger charge is -2.33. The predicted molar refractivity (Wildman–Crippen MR) is 106 cm³/mol. The average molecular weight is 365 g/mol. The maximum Gasteiger partial charge on any atom is 0.234 e. The van der Waals surface area contributed by atoms with Gasteiger partial charge in [-0.15, -0.1) is 0 Å². The van der Waals surface area contributed by atoms with Gasteiger partial charge >= 0.3 is 0 Å². The molecule has 1 fully saturated rings. The van der Waals surface area contributed by atoms with E-state index in [0.29, 0.717) is 23.5 Å². The van der Waals surface area contributed by atoms with Crippen LogP contribution in [0.15, 0.2) is 30.5 Å². The molecule has 1 aliphatic rings. The summed E-state index contributed by atoms with van der Waals surface area (Å²) in [5.74, 6) is 0.391. The van der Waals surface area contributed by atoms with E-state index in [9.17, 15) is 10.1 Å². The van der Waals surface area contributed by atoms with Gasteiger partial charge in [0.05, 0.1) is 23.7 Å². The van der Waals surface area contributed by atoms with Gasteiger partial charge in [-0.3, -0.25) is 14.7 Å². The van der Waals surface area contributed by atoms with E-state index < -0.39 is 0 Å². The number of likely N-dealkylation sites (N-methyl/N-ethyl adjacent to an activating group) is 1. The summed E-state index contributed by atoms with van der Waals surface area (Å²) in [6.45, 7) is 5.16. The molecule has 1 unspecified atom stereocenters. The van der Waals surface area contributed by atoms with E-state index in [1.54, 1.807) is 6.20 Å². The number of nitrogens with one attached hydrogen (secondary N) is 2. The summed E-state index contributed by atoms with van der Waals surface area (Å²) in [6, 6.07) is 9.84. The van der Waals surface area contributed by atoms with Gasteiger partial charge in [0, 0.05) is 11.6 Å². The molecule has 0 saturated carbocycles. The Labute approximate surface area is 160 Å². The highest BCUT2D eigenvalue weighted by atomic mass is 16.2. The van der Waals surface area contributed by atoms with E-state index >= 15 is 0 Å². The molecule has 0 radical (unpaired) electrons. The first kappa shape index (κ1) is 19.3. The molecule has 2 aromatic rings. The van der Waals surface area contributed by atoms with E-state index in [0.717, 1.165) is 43.4 Å². The zero-order valence-corrected chi connectivity index (χ0v) is 16.0. The molecular formula is C21H27N5O. The number of fused-ring (bicyclic) bond motifs is 1. The Bertz CT molecular complexity index is 838. The highest BCUT2D eigenvalue weighted by molar-refractivity contribution is 5.88. The number of piperidine rings is 1. The first-order valence-corrected chi connectivity index (χ1v) is 9.60. The lowest BCUT2D eigenvalue weighted by molar-refractivity contribution is -0.123. The zero-order chi connectivity index (χ0) is 19.2. The number of carbonyl (C=O) groups is 1. The Morgan fingerprint density at radius 1 is 1.41 bits per heavy atom. The standard InChI is InChI=1S/C21H27N5O/c1-3-26(2)14-19(27)25-21(15-8-11-23-12-9-15)18-7-6-16(13-22)20-17(18)5-4-10-24-20/h4-7,10,15,21,23H,3,8-9,11-12,14H2,1-2H3,(H,25,27). The summed E-state index contributed by atoms with van der Waals surface area (Å²) in [5, 5.41) is 17.0. The Balaban J connectivity index is 1.99. The van der Waals surface area contributed by atoms with Gasteiger partial charge < -0.3 is 10.6 Å². The molecule has 27 heavy (non-hydrogen) atoms. The van der Waals surface area contributed by atoms with Crippen molar-refractivity contribution in [2.45, 2.75) is 25.8 Å². The van der Waals surface area contributed by atoms with E-state index in [1.807, 2.05) is 43.1 Å². The van der Waals surface area contributed by atoms with Crippen molar-refractivity contribution in [1.82, 2.24) is 20.5 Å². The lowest BCUT2D eigenvalue weighted by atomic mass is 9.84. The normalized spacial score (nSPS) is 16.2. The summed E-state index contributed by atoms with van der Waals surface area (Å²) in [6.07, 6.45) is 3.73. The highest BCUT2D eigenvalue weighted by Gasteiger charge is 2.28. The summed E-state index contributed by atoms with van der Waals surface area (Å²) in [4.78, 5) is 19.1. The number of benzene rings is 1. The number of nitrogens with zero attached hydrogens (tertiary/aromatic N) is 3. The molecule has 2 heterocycles. The summed E-state index contributed by atoms with van der Waals surface area (Å²) < 4.78 is 0. The Hall–Kier alpha value is -2.49. The van der Waals surface area contributed by atoms with Gasteiger partial charge in [0.15, 0.2) is 0 Å². The van der Waals surface area contributed by atoms with Crippen LogP contribution in [0, 0.1) is 17.2 Å². The molecule has 1 atom stereocenters. The fraction of sp³-hybridized carbons (Fsp3) is 0.476. The van der Waals surface area contributed by atoms with Gasteiger partial charge in [-0.05, 0) is 63.1 Å². The Morgan fingerprint density at radius 3 is 2.89 bits per heavy atom. The molecule has 1 saturated heterocycles. The maximum atomic E-state index is 12.7. The van der Waals surface area contributed by atoms with Crippen LogP contribution in [0.5, 0.6) is 0 Å². The van der Waals surface area contributed by atoms with Crippen molar-refractivity contribution in [3.63, 3.8) is 0 Å². The van der Waals surface area contributed by atoms with Gasteiger partial charge in [0.2, 0.25) is 5.91 Å². The molecule has 3 rings (SSSR count). The third kappa shape index (κ3) is 4.44. The van der Waals surface area contributed by atoms with Crippen LogP contribution in [0.4, 0.5) is 0 Å². The van der Waals surface area contributed by atoms with Crippen molar-refractivity contribution in [2.75, 3.05) is 33.2 Å². The molecule has 0 aliphatic carbocycles. The average Bonchev–Trinajstić information content (AvgIpc) is 2.72. The molecule has 142 valence electrons. The van der Waals surface area contributed by atoms with Crippen molar-refractivity contribution in [1.29, 1.82) is 5.26 Å². The first-order chi connectivity index (χ1) is 13.1. The molecule has 1 aliphatic heterocycles. The quantitative estimate of drug-likeness (QED) is 0.820. The number of aromatic nitrogens is 1. The molecule has 1 amide bonds. The topological polar surface area (TPSA) is 81.1 Å². The molecule has 6 nitrogen and oxygen atoms in total. The second-order valence-corrected chi connectivity index (χ2v) is 7.18. The molecule has 1 aromatic carbocycles. The molecule has 0 bridgehead atoms. The second kappa shape index (κ2) is 8.94. The second-order valence-electron chi connectivity index (χ2n) is 7.18. The summed E-state index contributed by atoms with van der Waals surface area (Å²) >= 11 is 0. The number of carbonyl (C=O) groups excluding carboxylic acids is 1. The van der Waals surface area contributed by atoms with Crippen LogP contribution in [-0.4, -0.2) is 49.0 Å². The smallest absolute Gasteiger partial charge is 0.234 e. The van der Waals surface area contributed by atoms with E-state index in [2.05, 4.69) is 21.7 Å². The number of hydrogen-bond donors (Lipinski definition) is 2. The third-order valence-corrected chi connectivity index (χ3v) is 5.38. The van der Waals surface area contributed by atoms with Gasteiger partial charge in [-0.2, -0.15) is 5.26 Å². The Morgan fingerprint density at radius 2 is 2.19 bits per heavy atom. The van der Waals surface area contributed by atoms with Crippen molar-refractivity contribution >= 4 is 16.8 Å². The van der Waals surface area contributed by atoms with Crippen LogP contribution >= 0.6 is 0 Å². The highest BCUT2D eigenvalue weighted by Crippen LogP contribution is 2.34. The van der Waals surface area contributed by atoms with E-state index in [-0.39, 0.29) is 11.9 Å². The molecule has 0 spiro atoms. The van der Waals surface area contributed by atoms with Crippen LogP contribution in [0.25, 0.3) is 10.9 Å². The summed E-state index contributed by atoms with van der Waals surface area (Å²) in [5.41, 5.74) is 2.32. The van der Waals surface area contributed by atoms with Gasteiger partial charge in [0.25, 0.3) is 0 Å². The van der Waals surface area contributed by atoms with Gasteiger partial charge in [-0.25, -0.2) is 0 Å². The third-order valence-electron chi connectivity index (χ3n) is 5.38. The van der Waals surface area contributed by atoms with Crippen molar-refractivity contribution in [3.05, 3.63) is 41.6 Å². The number of hydrogen-bond acceptors (Lipinski definition) is 5. The monoisotopic (exact) mass is 365 g/mol. The van der Waals surface area contributed by atoms with Crippen LogP contribution in [-0.2, 0) is 4.79 Å². The minimum absolute atomic E-state index is 0.0317. The first-order valence-electron chi connectivity index (χ1n) is 9.60. The van der Waals surface area contributed by atoms with Crippen molar-refractivity contribution in [3.8, 4) is 6.07 Å². The Kier molecular flexibility index (Phi) is 6.38. The summed E-state index contributed by atoms with van der Waals surface area (Å²) in [7, 11) is 1.94.